The summed E-state index contributed by atoms with van der Waals surface area (Å²) in [7, 11) is 0. The molecular weight excluding hydrogens is 402 g/mol. The van der Waals surface area contributed by atoms with E-state index in [0.717, 1.165) is 24.9 Å². The van der Waals surface area contributed by atoms with Crippen LogP contribution in [0.25, 0.3) is 0 Å². The van der Waals surface area contributed by atoms with Crippen LogP contribution in [-0.4, -0.2) is 29.2 Å². The van der Waals surface area contributed by atoms with Crippen LogP contribution in [-0.2, 0) is 6.54 Å². The first-order valence-electron chi connectivity index (χ1n) is 11.3. The van der Waals surface area contributed by atoms with Crippen LogP contribution in [0.4, 0.5) is 11.8 Å². The van der Waals surface area contributed by atoms with Gasteiger partial charge in [0.2, 0.25) is 5.95 Å². The number of aromatic nitrogens is 2. The van der Waals surface area contributed by atoms with Gasteiger partial charge in [0.05, 0.1) is 6.20 Å². The second kappa shape index (κ2) is 10.3. The molecule has 1 unspecified atom stereocenters. The number of nitrogens with two attached hydrogens (primary N) is 1. The monoisotopic (exact) mass is 431 g/mol. The van der Waals surface area contributed by atoms with E-state index in [2.05, 4.69) is 26.7 Å². The van der Waals surface area contributed by atoms with Gasteiger partial charge in [0.1, 0.15) is 29.3 Å². The highest BCUT2D eigenvalue weighted by atomic mass is 16.5. The highest BCUT2D eigenvalue weighted by molar-refractivity contribution is 5.53. The highest BCUT2D eigenvalue weighted by Crippen LogP contribution is 2.41. The van der Waals surface area contributed by atoms with E-state index in [1.54, 1.807) is 6.20 Å². The quantitative estimate of drug-likeness (QED) is 0.579. The van der Waals surface area contributed by atoms with Crippen molar-refractivity contribution in [2.24, 2.45) is 23.5 Å². The fraction of sp³-hybridized carbons (Fsp3) is 0.500. The highest BCUT2D eigenvalue weighted by Gasteiger charge is 2.37. The Morgan fingerprint density at radius 3 is 2.66 bits per heavy atom. The minimum Gasteiger partial charge on any atom is -0.478 e. The zero-order valence-corrected chi connectivity index (χ0v) is 18.1. The molecule has 0 radical (unpaired) electrons. The second-order valence-corrected chi connectivity index (χ2v) is 8.72. The third-order valence-electron chi connectivity index (χ3n) is 6.68. The summed E-state index contributed by atoms with van der Waals surface area (Å²) in [5.74, 6) is 3.43. The molecule has 8 nitrogen and oxygen atoms in total. The van der Waals surface area contributed by atoms with Gasteiger partial charge in [0.25, 0.3) is 0 Å². The van der Waals surface area contributed by atoms with Gasteiger partial charge in [-0.1, -0.05) is 24.6 Å². The molecule has 0 aliphatic heterocycles. The van der Waals surface area contributed by atoms with Crippen molar-refractivity contribution in [1.82, 2.24) is 9.97 Å². The Kier molecular flexibility index (Phi) is 7.03. The molecule has 2 aromatic rings. The molecule has 32 heavy (non-hydrogen) atoms. The Hall–Kier alpha value is -3.36. The van der Waals surface area contributed by atoms with Crippen LogP contribution in [0.3, 0.4) is 0 Å². The molecule has 2 saturated carbocycles. The van der Waals surface area contributed by atoms with Crippen LogP contribution in [0, 0.1) is 40.4 Å². The molecule has 1 aromatic heterocycles. The van der Waals surface area contributed by atoms with Gasteiger partial charge in [-0.25, -0.2) is 4.98 Å². The third-order valence-corrected chi connectivity index (χ3v) is 6.68. The van der Waals surface area contributed by atoms with Crippen molar-refractivity contribution in [3.63, 3.8) is 0 Å². The molecule has 8 heteroatoms. The lowest BCUT2D eigenvalue weighted by atomic mass is 9.65. The summed E-state index contributed by atoms with van der Waals surface area (Å²) in [4.78, 5) is 8.82. The number of nitrogens with one attached hydrogen (secondary N) is 2. The first-order valence-corrected chi connectivity index (χ1v) is 11.3. The maximum atomic E-state index is 9.49. The summed E-state index contributed by atoms with van der Waals surface area (Å²) >= 11 is 0. The fourth-order valence-electron chi connectivity index (χ4n) is 5.08. The van der Waals surface area contributed by atoms with Gasteiger partial charge in [0, 0.05) is 24.7 Å². The van der Waals surface area contributed by atoms with Crippen LogP contribution >= 0.6 is 0 Å². The minimum atomic E-state index is -0.00771. The number of benzene rings is 1. The third kappa shape index (κ3) is 5.09. The molecule has 0 amide bonds. The number of nitrogens with zero attached hydrogens (tertiary/aromatic N) is 4. The molecule has 1 aromatic carbocycles. The maximum absolute atomic E-state index is 9.49. The number of hydrogen-bond acceptors (Lipinski definition) is 8. The average molecular weight is 432 g/mol. The van der Waals surface area contributed by atoms with Crippen molar-refractivity contribution < 1.29 is 4.74 Å². The molecular formula is C24H29N7O. The van der Waals surface area contributed by atoms with Crippen LogP contribution in [0.2, 0.25) is 0 Å². The van der Waals surface area contributed by atoms with Crippen LogP contribution in [0.1, 0.15) is 43.2 Å². The van der Waals surface area contributed by atoms with E-state index in [9.17, 15) is 5.26 Å². The van der Waals surface area contributed by atoms with Crippen LogP contribution < -0.4 is 21.1 Å². The summed E-state index contributed by atoms with van der Waals surface area (Å²) < 4.78 is 5.47. The van der Waals surface area contributed by atoms with E-state index in [0.29, 0.717) is 53.4 Å². The van der Waals surface area contributed by atoms with E-state index < -0.39 is 0 Å². The van der Waals surface area contributed by atoms with E-state index >= 15 is 0 Å². The van der Waals surface area contributed by atoms with Crippen molar-refractivity contribution in [1.29, 1.82) is 10.5 Å². The SMILES string of the molecule is N#CCOc1ccccc1CNc1ncc(C#N)c(NCC2C[C@H]3CCC[C@@H](C2)[C@@H]3N)n1. The fourth-order valence-corrected chi connectivity index (χ4v) is 5.08. The lowest BCUT2D eigenvalue weighted by molar-refractivity contribution is 0.112. The Bertz CT molecular complexity index is 998. The van der Waals surface area contributed by atoms with Crippen molar-refractivity contribution in [3.8, 4) is 17.9 Å². The van der Waals surface area contributed by atoms with Gasteiger partial charge in [-0.05, 0) is 49.5 Å². The van der Waals surface area contributed by atoms with E-state index in [1.807, 2.05) is 30.3 Å². The number of ether oxygens (including phenoxy) is 1. The number of para-hydroxylation sites is 1. The van der Waals surface area contributed by atoms with Crippen LogP contribution in [0.15, 0.2) is 30.5 Å². The molecule has 4 rings (SSSR count). The first kappa shape index (κ1) is 21.9. The molecule has 2 aliphatic rings. The summed E-state index contributed by atoms with van der Waals surface area (Å²) in [5, 5.41) is 24.8. The summed E-state index contributed by atoms with van der Waals surface area (Å²) in [5.41, 5.74) is 7.75. The van der Waals surface area contributed by atoms with Gasteiger partial charge >= 0.3 is 0 Å². The van der Waals surface area contributed by atoms with Gasteiger partial charge in [0.15, 0.2) is 6.61 Å². The lowest BCUT2D eigenvalue weighted by Crippen LogP contribution is -2.47. The zero-order valence-electron chi connectivity index (χ0n) is 18.1. The predicted octanol–water partition coefficient (Wildman–Crippen LogP) is 3.43. The standard InChI is InChI=1S/C24H29N7O/c25-8-9-32-21-7-2-1-4-19(21)14-29-24-30-15-20(12-26)23(31-24)28-13-16-10-17-5-3-6-18(11-16)22(17)27/h1-2,4,7,15-18,22H,3,5-6,9-11,13-14,27H2,(H2,28,29,30,31)/t16?,17-,18+,22-. The Balaban J connectivity index is 1.39. The molecule has 166 valence electrons. The Morgan fingerprint density at radius 2 is 1.91 bits per heavy atom. The Labute approximate surface area is 188 Å². The molecule has 0 saturated heterocycles. The molecule has 2 bridgehead atoms. The van der Waals surface area contributed by atoms with Crippen molar-refractivity contribution in [3.05, 3.63) is 41.6 Å². The second-order valence-electron chi connectivity index (χ2n) is 8.72. The molecule has 4 atom stereocenters. The molecule has 2 fully saturated rings. The average Bonchev–Trinajstić information content (AvgIpc) is 2.81. The van der Waals surface area contributed by atoms with Gasteiger partial charge in [-0.3, -0.25) is 0 Å². The lowest BCUT2D eigenvalue weighted by Gasteiger charge is -2.44. The van der Waals surface area contributed by atoms with Gasteiger partial charge in [-0.2, -0.15) is 15.5 Å². The number of nitriles is 2. The molecule has 4 N–H and O–H groups in total. The molecule has 0 spiro atoms. The Morgan fingerprint density at radius 1 is 1.12 bits per heavy atom. The van der Waals surface area contributed by atoms with E-state index in [4.69, 9.17) is 15.7 Å². The topological polar surface area (TPSA) is 133 Å². The van der Waals surface area contributed by atoms with Crippen LogP contribution in [0.5, 0.6) is 5.75 Å². The number of anilines is 2. The minimum absolute atomic E-state index is 0.00771. The zero-order chi connectivity index (χ0) is 22.3. The van der Waals surface area contributed by atoms with Crippen molar-refractivity contribution >= 4 is 11.8 Å². The molecule has 2 aliphatic carbocycles. The summed E-state index contributed by atoms with van der Waals surface area (Å²) in [6, 6.07) is 12.0. The van der Waals surface area contributed by atoms with E-state index in [-0.39, 0.29) is 6.61 Å². The van der Waals surface area contributed by atoms with E-state index in [1.165, 1.54) is 19.3 Å². The summed E-state index contributed by atoms with van der Waals surface area (Å²) in [6.45, 7) is 1.22. The normalized spacial score (nSPS) is 24.1. The largest absolute Gasteiger partial charge is 0.478 e. The maximum Gasteiger partial charge on any atom is 0.224 e. The summed E-state index contributed by atoms with van der Waals surface area (Å²) in [6.07, 6.45) is 7.59. The van der Waals surface area contributed by atoms with Crippen molar-refractivity contribution in [2.75, 3.05) is 23.8 Å². The van der Waals surface area contributed by atoms with Gasteiger partial charge < -0.3 is 21.1 Å². The number of rotatable bonds is 8. The first-order chi connectivity index (χ1) is 15.7. The molecule has 1 heterocycles. The number of hydrogen-bond donors (Lipinski definition) is 3. The van der Waals surface area contributed by atoms with Gasteiger partial charge in [-0.15, -0.1) is 0 Å². The smallest absolute Gasteiger partial charge is 0.224 e. The van der Waals surface area contributed by atoms with Crippen molar-refractivity contribution in [2.45, 2.75) is 44.7 Å². The number of fused-ring (bicyclic) bond motifs is 2. The predicted molar refractivity (Wildman–Crippen MR) is 122 cm³/mol.